The van der Waals surface area contributed by atoms with E-state index in [2.05, 4.69) is 25.5 Å². The highest BCUT2D eigenvalue weighted by atomic mass is 32.1. The van der Waals surface area contributed by atoms with Crippen molar-refractivity contribution in [2.75, 3.05) is 31.6 Å². The monoisotopic (exact) mass is 575 g/mol. The van der Waals surface area contributed by atoms with Crippen molar-refractivity contribution in [2.45, 2.75) is 25.7 Å². The predicted octanol–water partition coefficient (Wildman–Crippen LogP) is 3.94. The molecule has 2 aromatic rings. The van der Waals surface area contributed by atoms with E-state index in [1.807, 2.05) is 0 Å². The van der Waals surface area contributed by atoms with Gasteiger partial charge in [-0.1, -0.05) is 0 Å². The van der Waals surface area contributed by atoms with Gasteiger partial charge in [-0.3, -0.25) is 9.79 Å². The molecule has 0 aromatic heterocycles. The molecule has 2 aromatic carbocycles. The van der Waals surface area contributed by atoms with Crippen LogP contribution in [-0.4, -0.2) is 54.4 Å². The molecular weight excluding hydrogens is 549 g/mol. The minimum atomic E-state index is -2.35. The number of thiocarbonyl (C=S) groups is 1. The third-order valence-corrected chi connectivity index (χ3v) is 5.12. The lowest BCUT2D eigenvalue weighted by Gasteiger charge is -2.10. The number of nitrogens with two attached hydrogens (primary N) is 1. The second-order valence-corrected chi connectivity index (χ2v) is 8.18. The van der Waals surface area contributed by atoms with Gasteiger partial charge in [0, 0.05) is 18.4 Å². The molecule has 0 aliphatic heterocycles. The Morgan fingerprint density at radius 2 is 1.62 bits per heavy atom. The number of benzene rings is 2. The third kappa shape index (κ3) is 10.4. The quantitative estimate of drug-likeness (QED) is 0.0228. The van der Waals surface area contributed by atoms with Crippen LogP contribution in [0.25, 0.3) is 0 Å². The Labute approximate surface area is 225 Å². The first-order valence-electron chi connectivity index (χ1n) is 11.5. The van der Waals surface area contributed by atoms with Gasteiger partial charge in [0.15, 0.2) is 5.11 Å². The number of unbranched alkanes of at least 4 members (excludes halogenated alkanes) is 1. The number of phenols is 1. The molecule has 15 heteroatoms. The van der Waals surface area contributed by atoms with E-state index in [1.54, 1.807) is 24.3 Å². The number of carbonyl (C=O) groups is 1. The maximum atomic E-state index is 13.5. The maximum Gasteiger partial charge on any atom is 0.313 e. The number of esters is 1. The molecule has 9 nitrogen and oxygen atoms in total. The highest BCUT2D eigenvalue weighted by molar-refractivity contribution is 7.80. The van der Waals surface area contributed by atoms with Crippen molar-refractivity contribution in [3.63, 3.8) is 0 Å². The van der Waals surface area contributed by atoms with E-state index in [-0.39, 0.29) is 25.5 Å². The van der Waals surface area contributed by atoms with Gasteiger partial charge in [0.2, 0.25) is 34.8 Å². The lowest BCUT2D eigenvalue weighted by Crippen LogP contribution is -2.29. The van der Waals surface area contributed by atoms with E-state index in [4.69, 9.17) is 22.8 Å². The number of hydrogen-bond acceptors (Lipinski definition) is 8. The molecule has 0 fully saturated rings. The van der Waals surface area contributed by atoms with Crippen LogP contribution >= 0.6 is 12.2 Å². The highest BCUT2D eigenvalue weighted by Gasteiger charge is 2.28. The summed E-state index contributed by atoms with van der Waals surface area (Å²) < 4.78 is 75.8. The van der Waals surface area contributed by atoms with Gasteiger partial charge in [0.05, 0.1) is 31.9 Å². The largest absolute Gasteiger partial charge is 0.508 e. The van der Waals surface area contributed by atoms with Crippen LogP contribution in [-0.2, 0) is 9.53 Å². The number of rotatable bonds is 14. The molecule has 0 amide bonds. The standard InChI is InChI=1S/C24H26F5N5O4S/c25-18-19(26)21(28)23(22(29)20(18)27)38-17(36)8-11-37-12-10-31-13-15(34-30)3-1-2-9-32-24(39)33-14-4-6-16(35)7-5-14/h4-7,13,35H,1-3,8-12,30H2,(H2,32,33,39)/b31-13?,34-15-. The molecule has 39 heavy (non-hydrogen) atoms. The van der Waals surface area contributed by atoms with Gasteiger partial charge in [-0.25, -0.2) is 13.2 Å². The Hall–Kier alpha value is -3.85. The number of halogens is 5. The van der Waals surface area contributed by atoms with Crippen molar-refractivity contribution in [3.05, 3.63) is 53.4 Å². The number of phenolic OH excluding ortho intramolecular Hbond substituents is 1. The van der Waals surface area contributed by atoms with Crippen LogP contribution < -0.4 is 21.2 Å². The van der Waals surface area contributed by atoms with Crippen molar-refractivity contribution in [1.29, 1.82) is 0 Å². The van der Waals surface area contributed by atoms with Crippen molar-refractivity contribution < 1.29 is 41.3 Å². The fourth-order valence-electron chi connectivity index (χ4n) is 2.90. The topological polar surface area (TPSA) is 131 Å². The molecule has 2 rings (SSSR count). The zero-order valence-corrected chi connectivity index (χ0v) is 21.3. The molecule has 0 heterocycles. The first kappa shape index (κ1) is 31.4. The molecule has 0 saturated heterocycles. The van der Waals surface area contributed by atoms with Gasteiger partial charge in [0.1, 0.15) is 5.75 Å². The Morgan fingerprint density at radius 1 is 0.974 bits per heavy atom. The average molecular weight is 576 g/mol. The first-order valence-corrected chi connectivity index (χ1v) is 11.9. The molecule has 5 N–H and O–H groups in total. The van der Waals surface area contributed by atoms with E-state index in [1.165, 1.54) is 6.21 Å². The zero-order valence-electron chi connectivity index (χ0n) is 20.5. The Balaban J connectivity index is 1.57. The summed E-state index contributed by atoms with van der Waals surface area (Å²) in [5, 5.41) is 19.4. The van der Waals surface area contributed by atoms with E-state index in [0.29, 0.717) is 23.8 Å². The number of nitrogens with zero attached hydrogens (tertiary/aromatic N) is 2. The van der Waals surface area contributed by atoms with E-state index >= 15 is 0 Å². The molecule has 0 aliphatic rings. The average Bonchev–Trinajstić information content (AvgIpc) is 2.92. The molecule has 0 spiro atoms. The van der Waals surface area contributed by atoms with Crippen molar-refractivity contribution in [2.24, 2.45) is 15.9 Å². The smallest absolute Gasteiger partial charge is 0.313 e. The summed E-state index contributed by atoms with van der Waals surface area (Å²) in [5.41, 5.74) is 1.29. The summed E-state index contributed by atoms with van der Waals surface area (Å²) in [4.78, 5) is 15.8. The Morgan fingerprint density at radius 3 is 2.26 bits per heavy atom. The second kappa shape index (κ2) is 16.2. The molecule has 212 valence electrons. The SMILES string of the molecule is N/N=C(\C=NCCOCCC(=O)Oc1c(F)c(F)c(F)c(F)c1F)CCCCNC(=S)Nc1ccc(O)cc1. The summed E-state index contributed by atoms with van der Waals surface area (Å²) in [5.74, 6) is -8.65. The fourth-order valence-corrected chi connectivity index (χ4v) is 3.12. The number of ether oxygens (including phenoxy) is 2. The van der Waals surface area contributed by atoms with E-state index in [9.17, 15) is 31.9 Å². The summed E-state index contributed by atoms with van der Waals surface area (Å²) in [6.45, 7) is 0.627. The van der Waals surface area contributed by atoms with Crippen LogP contribution in [0.5, 0.6) is 11.5 Å². The fraction of sp³-hybridized carbons (Fsp3) is 0.333. The van der Waals surface area contributed by atoms with Gasteiger partial charge in [0.25, 0.3) is 0 Å². The van der Waals surface area contributed by atoms with Gasteiger partial charge < -0.3 is 31.1 Å². The molecule has 0 bridgehead atoms. The number of carbonyl (C=O) groups excluding carboxylic acids is 1. The van der Waals surface area contributed by atoms with Crippen LogP contribution in [0.1, 0.15) is 25.7 Å². The zero-order chi connectivity index (χ0) is 28.8. The summed E-state index contributed by atoms with van der Waals surface area (Å²) in [6.07, 6.45) is 3.06. The normalized spacial score (nSPS) is 11.6. The van der Waals surface area contributed by atoms with Crippen molar-refractivity contribution in [1.82, 2.24) is 5.32 Å². The molecule has 0 radical (unpaired) electrons. The first-order chi connectivity index (χ1) is 18.6. The third-order valence-electron chi connectivity index (χ3n) is 4.88. The van der Waals surface area contributed by atoms with Crippen LogP contribution in [0, 0.1) is 29.1 Å². The number of hydrogen-bond donors (Lipinski definition) is 4. The van der Waals surface area contributed by atoms with Crippen LogP contribution in [0.2, 0.25) is 0 Å². The van der Waals surface area contributed by atoms with Gasteiger partial charge in [-0.2, -0.15) is 13.9 Å². The number of aliphatic imine (C=N–C) groups is 1. The number of hydrazone groups is 1. The molecule has 0 unspecified atom stereocenters. The van der Waals surface area contributed by atoms with Gasteiger partial charge in [-0.05, 0) is 55.7 Å². The molecule has 0 atom stereocenters. The van der Waals surface area contributed by atoms with Crippen LogP contribution in [0.3, 0.4) is 0 Å². The lowest BCUT2D eigenvalue weighted by molar-refractivity contribution is -0.136. The predicted molar refractivity (Wildman–Crippen MR) is 138 cm³/mol. The van der Waals surface area contributed by atoms with E-state index < -0.39 is 47.2 Å². The number of anilines is 1. The number of nitrogens with one attached hydrogen (secondary N) is 2. The molecule has 0 saturated carbocycles. The van der Waals surface area contributed by atoms with Crippen molar-refractivity contribution >= 4 is 40.9 Å². The summed E-state index contributed by atoms with van der Waals surface area (Å²) >= 11 is 5.20. The van der Waals surface area contributed by atoms with Gasteiger partial charge >= 0.3 is 5.97 Å². The second-order valence-electron chi connectivity index (χ2n) is 7.78. The lowest BCUT2D eigenvalue weighted by atomic mass is 10.2. The van der Waals surface area contributed by atoms with Gasteiger partial charge in [-0.15, -0.1) is 0 Å². The Kier molecular flexibility index (Phi) is 13.0. The molecular formula is C24H26F5N5O4S. The number of aromatic hydroxyl groups is 1. The van der Waals surface area contributed by atoms with Crippen LogP contribution in [0.15, 0.2) is 34.4 Å². The Bertz CT molecular complexity index is 1170. The minimum absolute atomic E-state index is 0.0690. The summed E-state index contributed by atoms with van der Waals surface area (Å²) in [7, 11) is 0. The maximum absolute atomic E-state index is 13.5. The molecule has 0 aliphatic carbocycles. The minimum Gasteiger partial charge on any atom is -0.508 e. The van der Waals surface area contributed by atoms with E-state index in [0.717, 1.165) is 18.5 Å². The van der Waals surface area contributed by atoms with Crippen LogP contribution in [0.4, 0.5) is 27.6 Å². The summed E-state index contributed by atoms with van der Waals surface area (Å²) in [6, 6.07) is 6.47. The highest BCUT2D eigenvalue weighted by Crippen LogP contribution is 2.29. The van der Waals surface area contributed by atoms with Crippen molar-refractivity contribution in [3.8, 4) is 11.5 Å².